The van der Waals surface area contributed by atoms with E-state index in [-0.39, 0.29) is 11.9 Å². The van der Waals surface area contributed by atoms with Gasteiger partial charge in [-0.15, -0.1) is 0 Å². The maximum atomic E-state index is 13.1. The third-order valence-corrected chi connectivity index (χ3v) is 6.65. The van der Waals surface area contributed by atoms with Crippen LogP contribution in [0.2, 0.25) is 0 Å². The van der Waals surface area contributed by atoms with Gasteiger partial charge in [0.15, 0.2) is 23.3 Å². The third kappa shape index (κ3) is 4.66. The maximum absolute atomic E-state index is 13.1. The van der Waals surface area contributed by atoms with Crippen molar-refractivity contribution in [3.8, 4) is 0 Å². The number of hydrogen-bond acceptors (Lipinski definition) is 8. The van der Waals surface area contributed by atoms with Crippen molar-refractivity contribution in [2.24, 2.45) is 4.99 Å². The van der Waals surface area contributed by atoms with E-state index in [1.54, 1.807) is 23.7 Å². The van der Waals surface area contributed by atoms with Crippen LogP contribution in [0, 0.1) is 13.8 Å². The molecule has 9 nitrogen and oxygen atoms in total. The molecule has 0 saturated carbocycles. The molecule has 0 aliphatic carbocycles. The number of aliphatic imine (C=N–C) groups is 1. The van der Waals surface area contributed by atoms with E-state index in [0.29, 0.717) is 24.8 Å². The minimum atomic E-state index is -0.549. The van der Waals surface area contributed by atoms with Gasteiger partial charge in [0.25, 0.3) is 5.91 Å². The predicted octanol–water partition coefficient (Wildman–Crippen LogP) is 2.21. The van der Waals surface area contributed by atoms with Gasteiger partial charge in [-0.2, -0.15) is 0 Å². The minimum absolute atomic E-state index is 0.234. The molecule has 3 amide bonds. The molecular weight excluding hydrogens is 438 g/mol. The number of rotatable bonds is 6. The Kier molecular flexibility index (Phi) is 6.55. The number of aromatic nitrogens is 2. The van der Waals surface area contributed by atoms with Gasteiger partial charge in [0.1, 0.15) is 0 Å². The Labute approximate surface area is 198 Å². The number of guanidine groups is 1. The first-order chi connectivity index (χ1) is 15.8. The summed E-state index contributed by atoms with van der Waals surface area (Å²) >= 11 is 1.55. The molecule has 2 aromatic rings. The van der Waals surface area contributed by atoms with Gasteiger partial charge in [0.2, 0.25) is 0 Å². The summed E-state index contributed by atoms with van der Waals surface area (Å²) in [4.78, 5) is 46.3. The lowest BCUT2D eigenvalue weighted by atomic mass is 10.1. The Morgan fingerprint density at radius 3 is 2.39 bits per heavy atom. The van der Waals surface area contributed by atoms with Crippen LogP contribution in [0.1, 0.15) is 17.0 Å². The lowest BCUT2D eigenvalue weighted by Gasteiger charge is -2.40. The summed E-state index contributed by atoms with van der Waals surface area (Å²) < 4.78 is 0. The molecule has 2 aliphatic rings. The van der Waals surface area contributed by atoms with Gasteiger partial charge in [0, 0.05) is 51.4 Å². The molecule has 4 rings (SSSR count). The predicted molar refractivity (Wildman–Crippen MR) is 128 cm³/mol. The number of urea groups is 1. The number of aryl methyl sites for hydroxylation is 2. The second-order valence-corrected chi connectivity index (χ2v) is 9.46. The van der Waals surface area contributed by atoms with Gasteiger partial charge in [-0.05, 0) is 25.5 Å². The summed E-state index contributed by atoms with van der Waals surface area (Å²) in [6, 6.07) is 11.2. The Hall–Kier alpha value is -3.14. The van der Waals surface area contributed by atoms with Gasteiger partial charge in [-0.1, -0.05) is 42.1 Å². The highest BCUT2D eigenvalue weighted by molar-refractivity contribution is 7.99. The van der Waals surface area contributed by atoms with Gasteiger partial charge >= 0.3 is 6.03 Å². The number of benzene rings is 1. The monoisotopic (exact) mass is 467 g/mol. The molecule has 2 atom stereocenters. The smallest absolute Gasteiger partial charge is 0.328 e. The van der Waals surface area contributed by atoms with E-state index in [1.807, 2.05) is 55.0 Å². The van der Waals surface area contributed by atoms with E-state index >= 15 is 0 Å². The van der Waals surface area contributed by atoms with Crippen molar-refractivity contribution in [2.75, 3.05) is 33.4 Å². The fourth-order valence-corrected chi connectivity index (χ4v) is 5.12. The molecule has 1 saturated heterocycles. The zero-order valence-electron chi connectivity index (χ0n) is 19.6. The number of carbonyl (C=O) groups is 2. The van der Waals surface area contributed by atoms with Crippen LogP contribution in [0.25, 0.3) is 0 Å². The number of carbonyl (C=O) groups excluding carboxylic acids is 2. The van der Waals surface area contributed by atoms with E-state index in [4.69, 9.17) is 4.99 Å². The summed E-state index contributed by atoms with van der Waals surface area (Å²) in [6.45, 7) is 5.12. The number of thioether (sulfide) groups is 1. The summed E-state index contributed by atoms with van der Waals surface area (Å²) in [7, 11) is 5.19. The first-order valence-electron chi connectivity index (χ1n) is 10.8. The summed E-state index contributed by atoms with van der Waals surface area (Å²) in [5.74, 6) is 1.15. The summed E-state index contributed by atoms with van der Waals surface area (Å²) in [6.07, 6.45) is -0.545. The van der Waals surface area contributed by atoms with E-state index in [1.165, 1.54) is 11.9 Å². The van der Waals surface area contributed by atoms with E-state index in [0.717, 1.165) is 22.1 Å². The van der Waals surface area contributed by atoms with Gasteiger partial charge in [0.05, 0.1) is 0 Å². The molecule has 0 N–H and O–H groups in total. The Morgan fingerprint density at radius 1 is 1.06 bits per heavy atom. The van der Waals surface area contributed by atoms with Crippen molar-refractivity contribution in [3.63, 3.8) is 0 Å². The standard InChI is InChI=1S/C23H29N7O2S/c1-15-13-16(2)25-21(24-15)33-12-11-30-18-19(28(4)23(32)29(5)20(18)31)26-22(30)27(3)14-17-9-7-6-8-10-17/h6-10,13,18-19H,11-12,14H2,1-5H3. The number of likely N-dealkylation sites (N-methyl/N-ethyl adjacent to an activating group) is 2. The van der Waals surface area contributed by atoms with Crippen LogP contribution in [0.15, 0.2) is 46.5 Å². The molecule has 2 aliphatic heterocycles. The second kappa shape index (κ2) is 9.38. The highest BCUT2D eigenvalue weighted by Crippen LogP contribution is 2.29. The molecule has 2 unspecified atom stereocenters. The van der Waals surface area contributed by atoms with Crippen molar-refractivity contribution in [3.05, 3.63) is 53.3 Å². The van der Waals surface area contributed by atoms with E-state index in [2.05, 4.69) is 22.1 Å². The number of fused-ring (bicyclic) bond motifs is 1. The van der Waals surface area contributed by atoms with Gasteiger partial charge in [-0.25, -0.2) is 19.8 Å². The molecule has 33 heavy (non-hydrogen) atoms. The Balaban J connectivity index is 1.56. The number of amides is 3. The fraction of sp³-hybridized carbons (Fsp3) is 0.435. The molecule has 3 heterocycles. The minimum Gasteiger partial charge on any atom is -0.341 e. The lowest BCUT2D eigenvalue weighted by molar-refractivity contribution is -0.136. The van der Waals surface area contributed by atoms with E-state index in [9.17, 15) is 9.59 Å². The van der Waals surface area contributed by atoms with Crippen LogP contribution in [0.3, 0.4) is 0 Å². The van der Waals surface area contributed by atoms with Crippen molar-refractivity contribution in [1.29, 1.82) is 0 Å². The highest BCUT2D eigenvalue weighted by atomic mass is 32.2. The first kappa shape index (κ1) is 23.0. The zero-order valence-corrected chi connectivity index (χ0v) is 20.4. The topological polar surface area (TPSA) is 85.2 Å². The number of nitrogens with zero attached hydrogens (tertiary/aromatic N) is 7. The molecule has 1 aromatic carbocycles. The second-order valence-electron chi connectivity index (χ2n) is 8.40. The van der Waals surface area contributed by atoms with Crippen molar-refractivity contribution < 1.29 is 9.59 Å². The number of hydrogen-bond donors (Lipinski definition) is 0. The van der Waals surface area contributed by atoms with Crippen LogP contribution in [-0.4, -0.2) is 93.1 Å². The third-order valence-electron chi connectivity index (χ3n) is 5.82. The first-order valence-corrected chi connectivity index (χ1v) is 11.8. The Morgan fingerprint density at radius 2 is 1.73 bits per heavy atom. The summed E-state index contributed by atoms with van der Waals surface area (Å²) in [5, 5.41) is 0.721. The molecule has 0 spiro atoms. The van der Waals surface area contributed by atoms with Crippen LogP contribution >= 0.6 is 11.8 Å². The maximum Gasteiger partial charge on any atom is 0.328 e. The van der Waals surface area contributed by atoms with Gasteiger partial charge < -0.3 is 14.7 Å². The van der Waals surface area contributed by atoms with Crippen LogP contribution < -0.4 is 0 Å². The van der Waals surface area contributed by atoms with Crippen molar-refractivity contribution in [1.82, 2.24) is 29.6 Å². The van der Waals surface area contributed by atoms with Crippen LogP contribution in [-0.2, 0) is 11.3 Å². The quantitative estimate of drug-likeness (QED) is 0.476. The molecule has 0 radical (unpaired) electrons. The summed E-state index contributed by atoms with van der Waals surface area (Å²) in [5.41, 5.74) is 3.00. The Bertz CT molecular complexity index is 1060. The molecule has 174 valence electrons. The average molecular weight is 468 g/mol. The molecule has 1 fully saturated rings. The van der Waals surface area contributed by atoms with Crippen LogP contribution in [0.4, 0.5) is 4.79 Å². The van der Waals surface area contributed by atoms with E-state index < -0.39 is 12.2 Å². The average Bonchev–Trinajstić information content (AvgIpc) is 3.16. The number of imide groups is 1. The lowest BCUT2D eigenvalue weighted by Crippen LogP contribution is -2.64. The fourth-order valence-electron chi connectivity index (χ4n) is 4.23. The normalized spacial score (nSPS) is 20.3. The SMILES string of the molecule is Cc1cc(C)nc(SCCN2C(N(C)Cc3ccccc3)=NC3C2C(=O)N(C)C(=O)N3C)n1. The van der Waals surface area contributed by atoms with Crippen molar-refractivity contribution in [2.45, 2.75) is 37.8 Å². The molecular formula is C23H29N7O2S. The largest absolute Gasteiger partial charge is 0.341 e. The zero-order chi connectivity index (χ0) is 23.7. The van der Waals surface area contributed by atoms with Crippen LogP contribution in [0.5, 0.6) is 0 Å². The highest BCUT2D eigenvalue weighted by Gasteiger charge is 2.51. The van der Waals surface area contributed by atoms with Crippen molar-refractivity contribution >= 4 is 29.7 Å². The molecule has 1 aromatic heterocycles. The molecule has 10 heteroatoms. The molecule has 0 bridgehead atoms. The van der Waals surface area contributed by atoms with Gasteiger partial charge in [-0.3, -0.25) is 9.69 Å².